The molecular weight excluding hydrogens is 474 g/mol. The number of hydrogen-bond donors (Lipinski definition) is 3. The molecule has 1 spiro atoms. The summed E-state index contributed by atoms with van der Waals surface area (Å²) < 4.78 is 7.54. The summed E-state index contributed by atoms with van der Waals surface area (Å²) in [6.45, 7) is 7.57. The fourth-order valence-electron chi connectivity index (χ4n) is 5.78. The number of anilines is 1. The summed E-state index contributed by atoms with van der Waals surface area (Å²) in [4.78, 5) is 36.7. The molecule has 0 radical (unpaired) electrons. The molecule has 0 atom stereocenters. The van der Waals surface area contributed by atoms with Gasteiger partial charge in [-0.1, -0.05) is 13.3 Å². The SMILES string of the molecule is CCCc1nn(C)c2c(=O)[nH]c(-c3cc(N4CCC5(CCN(C(=O)NO)CC5)C4)ccc3OCC)nc12. The van der Waals surface area contributed by atoms with Crippen molar-refractivity contribution in [3.8, 4) is 17.1 Å². The van der Waals surface area contributed by atoms with Crippen molar-refractivity contribution in [1.82, 2.24) is 30.1 Å². The van der Waals surface area contributed by atoms with E-state index in [-0.39, 0.29) is 11.0 Å². The molecule has 0 aliphatic carbocycles. The van der Waals surface area contributed by atoms with Crippen LogP contribution in [0.25, 0.3) is 22.4 Å². The third-order valence-electron chi connectivity index (χ3n) is 7.78. The van der Waals surface area contributed by atoms with E-state index in [4.69, 9.17) is 14.9 Å². The number of carbonyl (C=O) groups is 1. The average molecular weight is 510 g/mol. The Balaban J connectivity index is 1.46. The highest BCUT2D eigenvalue weighted by molar-refractivity contribution is 5.80. The Hall–Kier alpha value is -3.60. The smallest absolute Gasteiger partial charge is 0.341 e. The zero-order valence-electron chi connectivity index (χ0n) is 21.7. The molecule has 2 aliphatic rings. The van der Waals surface area contributed by atoms with E-state index in [2.05, 4.69) is 34.0 Å². The molecule has 0 bridgehead atoms. The van der Waals surface area contributed by atoms with E-state index in [0.29, 0.717) is 42.3 Å². The number of aromatic nitrogens is 4. The second kappa shape index (κ2) is 10.0. The van der Waals surface area contributed by atoms with Crippen molar-refractivity contribution >= 4 is 22.8 Å². The lowest BCUT2D eigenvalue weighted by atomic mass is 9.78. The molecule has 0 unspecified atom stereocenters. The van der Waals surface area contributed by atoms with Crippen molar-refractivity contribution in [2.45, 2.75) is 46.0 Å². The minimum absolute atomic E-state index is 0.140. The first-order valence-corrected chi connectivity index (χ1v) is 13.0. The molecule has 3 aromatic rings. The van der Waals surface area contributed by atoms with E-state index in [1.54, 1.807) is 22.1 Å². The van der Waals surface area contributed by atoms with Crippen LogP contribution in [0.15, 0.2) is 23.0 Å². The van der Waals surface area contributed by atoms with Crippen LogP contribution in [-0.2, 0) is 13.5 Å². The first-order chi connectivity index (χ1) is 17.9. The van der Waals surface area contributed by atoms with Crippen LogP contribution in [0.3, 0.4) is 0 Å². The maximum atomic E-state index is 13.1. The Kier molecular flexibility index (Phi) is 6.80. The Morgan fingerprint density at radius 1 is 1.22 bits per heavy atom. The lowest BCUT2D eigenvalue weighted by molar-refractivity contribution is 0.0957. The number of nitrogens with zero attached hydrogens (tertiary/aromatic N) is 5. The zero-order valence-corrected chi connectivity index (χ0v) is 21.7. The number of benzene rings is 1. The highest BCUT2D eigenvalue weighted by Crippen LogP contribution is 2.43. The normalized spacial score (nSPS) is 17.1. The minimum Gasteiger partial charge on any atom is -0.493 e. The summed E-state index contributed by atoms with van der Waals surface area (Å²) in [7, 11) is 1.77. The maximum Gasteiger partial charge on any atom is 0.341 e. The summed E-state index contributed by atoms with van der Waals surface area (Å²) in [5.74, 6) is 1.15. The van der Waals surface area contributed by atoms with Gasteiger partial charge in [0, 0.05) is 38.9 Å². The molecule has 198 valence electrons. The Morgan fingerprint density at radius 3 is 2.68 bits per heavy atom. The Labute approximate surface area is 215 Å². The van der Waals surface area contributed by atoms with E-state index in [1.165, 1.54) is 0 Å². The second-order valence-electron chi connectivity index (χ2n) is 10.1. The molecule has 2 fully saturated rings. The van der Waals surface area contributed by atoms with Gasteiger partial charge in [0.2, 0.25) is 0 Å². The second-order valence-corrected chi connectivity index (χ2v) is 10.1. The molecule has 5 rings (SSSR count). The molecule has 2 amide bonds. The molecule has 2 aromatic heterocycles. The molecule has 2 aliphatic heterocycles. The third-order valence-corrected chi connectivity index (χ3v) is 7.78. The van der Waals surface area contributed by atoms with Gasteiger partial charge >= 0.3 is 6.03 Å². The molecule has 11 nitrogen and oxygen atoms in total. The highest BCUT2D eigenvalue weighted by atomic mass is 16.5. The largest absolute Gasteiger partial charge is 0.493 e. The van der Waals surface area contributed by atoms with Crippen LogP contribution in [0.2, 0.25) is 0 Å². The van der Waals surface area contributed by atoms with Gasteiger partial charge in [0.15, 0.2) is 5.52 Å². The van der Waals surface area contributed by atoms with Crippen molar-refractivity contribution in [3.05, 3.63) is 34.2 Å². The molecule has 4 heterocycles. The van der Waals surface area contributed by atoms with Crippen molar-refractivity contribution in [2.75, 3.05) is 37.7 Å². The number of hydrogen-bond acceptors (Lipinski definition) is 7. The number of aromatic amines is 1. The third kappa shape index (κ3) is 4.63. The number of hydroxylamine groups is 1. The summed E-state index contributed by atoms with van der Waals surface area (Å²) in [5, 5.41) is 13.5. The lowest BCUT2D eigenvalue weighted by Crippen LogP contribution is -2.47. The van der Waals surface area contributed by atoms with Crippen LogP contribution >= 0.6 is 0 Å². The number of urea groups is 1. The lowest BCUT2D eigenvalue weighted by Gasteiger charge is -2.39. The van der Waals surface area contributed by atoms with E-state index < -0.39 is 6.03 Å². The summed E-state index contributed by atoms with van der Waals surface area (Å²) >= 11 is 0. The number of aryl methyl sites for hydroxylation is 2. The van der Waals surface area contributed by atoms with E-state index in [1.807, 2.05) is 13.0 Å². The van der Waals surface area contributed by atoms with Crippen molar-refractivity contribution in [1.29, 1.82) is 0 Å². The van der Waals surface area contributed by atoms with Gasteiger partial charge in [0.25, 0.3) is 5.56 Å². The summed E-state index contributed by atoms with van der Waals surface area (Å²) in [5.41, 5.74) is 5.40. The number of piperidine rings is 1. The standard InChI is InChI=1S/C26H35N7O4/c1-4-6-19-21-22(31(3)29-19)24(34)28-23(27-21)18-15-17(7-8-20(18)37-5-2)33-14-11-26(16-33)9-12-32(13-10-26)25(35)30-36/h7-8,15,36H,4-6,9-14,16H2,1-3H3,(H,30,35)(H,27,28,34). The number of nitrogens with one attached hydrogen (secondary N) is 2. The Bertz CT molecular complexity index is 1360. The predicted molar refractivity (Wildman–Crippen MR) is 140 cm³/mol. The van der Waals surface area contributed by atoms with Gasteiger partial charge in [-0.3, -0.25) is 14.7 Å². The number of amides is 2. The predicted octanol–water partition coefficient (Wildman–Crippen LogP) is 3.07. The van der Waals surface area contributed by atoms with Gasteiger partial charge in [-0.05, 0) is 56.2 Å². The molecule has 3 N–H and O–H groups in total. The highest BCUT2D eigenvalue weighted by Gasteiger charge is 2.41. The van der Waals surface area contributed by atoms with Crippen LogP contribution in [0.1, 0.15) is 45.2 Å². The van der Waals surface area contributed by atoms with Gasteiger partial charge in [0.1, 0.15) is 17.1 Å². The van der Waals surface area contributed by atoms with Crippen molar-refractivity contribution < 1.29 is 14.7 Å². The minimum atomic E-state index is -0.435. The van der Waals surface area contributed by atoms with Crippen molar-refractivity contribution in [3.63, 3.8) is 0 Å². The number of ether oxygens (including phenoxy) is 1. The monoisotopic (exact) mass is 509 g/mol. The fraction of sp³-hybridized carbons (Fsp3) is 0.538. The van der Waals surface area contributed by atoms with E-state index >= 15 is 0 Å². The molecular formula is C26H35N7O4. The topological polar surface area (TPSA) is 129 Å². The number of fused-ring (bicyclic) bond motifs is 1. The van der Waals surface area contributed by atoms with E-state index in [9.17, 15) is 9.59 Å². The zero-order chi connectivity index (χ0) is 26.2. The van der Waals surface area contributed by atoms with Crippen molar-refractivity contribution in [2.24, 2.45) is 12.5 Å². The van der Waals surface area contributed by atoms with Gasteiger partial charge < -0.3 is 19.5 Å². The molecule has 11 heteroatoms. The van der Waals surface area contributed by atoms with Crippen LogP contribution in [0, 0.1) is 5.41 Å². The first kappa shape index (κ1) is 25.1. The molecule has 1 aromatic carbocycles. The molecule has 0 saturated carbocycles. The number of H-pyrrole nitrogens is 1. The average Bonchev–Trinajstić information content (AvgIpc) is 3.45. The Morgan fingerprint density at radius 2 is 1.97 bits per heavy atom. The molecule has 37 heavy (non-hydrogen) atoms. The van der Waals surface area contributed by atoms with Gasteiger partial charge in [-0.2, -0.15) is 5.10 Å². The fourth-order valence-corrected chi connectivity index (χ4v) is 5.78. The number of likely N-dealkylation sites (tertiary alicyclic amines) is 1. The van der Waals surface area contributed by atoms with Crippen LogP contribution < -0.4 is 20.7 Å². The summed E-state index contributed by atoms with van der Waals surface area (Å²) in [6, 6.07) is 5.63. The van der Waals surface area contributed by atoms with Gasteiger partial charge in [-0.15, -0.1) is 0 Å². The van der Waals surface area contributed by atoms with Gasteiger partial charge in [0.05, 0.1) is 17.9 Å². The van der Waals surface area contributed by atoms with Crippen LogP contribution in [-0.4, -0.2) is 68.7 Å². The van der Waals surface area contributed by atoms with E-state index in [0.717, 1.165) is 62.1 Å². The first-order valence-electron chi connectivity index (χ1n) is 13.0. The van der Waals surface area contributed by atoms with Crippen LogP contribution in [0.4, 0.5) is 10.5 Å². The van der Waals surface area contributed by atoms with Crippen LogP contribution in [0.5, 0.6) is 5.75 Å². The quantitative estimate of drug-likeness (QED) is 0.344. The van der Waals surface area contributed by atoms with Gasteiger partial charge in [-0.25, -0.2) is 15.3 Å². The number of carbonyl (C=O) groups excluding carboxylic acids is 1. The molecule has 2 saturated heterocycles. The number of rotatable bonds is 6. The maximum absolute atomic E-state index is 13.1. The summed E-state index contributed by atoms with van der Waals surface area (Å²) in [6.07, 6.45) is 4.50.